The molecule has 0 saturated carbocycles. The predicted molar refractivity (Wildman–Crippen MR) is 67.1 cm³/mol. The molecule has 0 aromatic heterocycles. The van der Waals surface area contributed by atoms with E-state index in [1.807, 2.05) is 18.2 Å². The van der Waals surface area contributed by atoms with Crippen molar-refractivity contribution in [2.45, 2.75) is 0 Å². The average Bonchev–Trinajstić information content (AvgIpc) is 2.32. The van der Waals surface area contributed by atoms with Crippen LogP contribution < -0.4 is 10.5 Å². The number of rotatable bonds is 2. The van der Waals surface area contributed by atoms with Crippen molar-refractivity contribution < 1.29 is 4.74 Å². The molecule has 2 rings (SSSR count). The molecule has 2 N–H and O–H groups in total. The van der Waals surface area contributed by atoms with Gasteiger partial charge in [0.15, 0.2) is 0 Å². The summed E-state index contributed by atoms with van der Waals surface area (Å²) in [5.41, 5.74) is 6.50. The van der Waals surface area contributed by atoms with Gasteiger partial charge in [0.05, 0.1) is 16.3 Å². The lowest BCUT2D eigenvalue weighted by atomic mass is 10.2. The van der Waals surface area contributed by atoms with E-state index >= 15 is 0 Å². The van der Waals surface area contributed by atoms with Crippen molar-refractivity contribution in [3.05, 3.63) is 53.1 Å². The van der Waals surface area contributed by atoms with E-state index in [1.54, 1.807) is 30.3 Å². The molecular weight excluding hydrogens is 236 g/mol. The second-order valence-electron chi connectivity index (χ2n) is 3.39. The first-order valence-corrected chi connectivity index (χ1v) is 5.30. The Balaban J connectivity index is 2.29. The molecule has 0 fully saturated rings. The third-order valence-corrected chi connectivity index (χ3v) is 2.52. The normalized spacial score (nSPS) is 9.65. The van der Waals surface area contributed by atoms with Crippen molar-refractivity contribution in [1.29, 1.82) is 5.26 Å². The summed E-state index contributed by atoms with van der Waals surface area (Å²) in [5.74, 6) is 1.10. The van der Waals surface area contributed by atoms with Crippen LogP contribution in [0.3, 0.4) is 0 Å². The van der Waals surface area contributed by atoms with Crippen molar-refractivity contribution in [2.24, 2.45) is 0 Å². The van der Waals surface area contributed by atoms with E-state index in [9.17, 15) is 0 Å². The van der Waals surface area contributed by atoms with E-state index in [-0.39, 0.29) is 0 Å². The van der Waals surface area contributed by atoms with Crippen LogP contribution in [0.2, 0.25) is 5.02 Å². The maximum atomic E-state index is 8.75. The Kier molecular flexibility index (Phi) is 3.17. The van der Waals surface area contributed by atoms with Crippen molar-refractivity contribution in [3.8, 4) is 17.6 Å². The van der Waals surface area contributed by atoms with Crippen molar-refractivity contribution in [3.63, 3.8) is 0 Å². The van der Waals surface area contributed by atoms with Crippen LogP contribution in [0, 0.1) is 11.3 Å². The van der Waals surface area contributed by atoms with E-state index in [4.69, 9.17) is 27.3 Å². The fourth-order valence-corrected chi connectivity index (χ4v) is 1.53. The monoisotopic (exact) mass is 244 g/mol. The van der Waals surface area contributed by atoms with Crippen LogP contribution in [0.1, 0.15) is 5.56 Å². The molecule has 4 heteroatoms. The molecule has 0 saturated heterocycles. The van der Waals surface area contributed by atoms with Crippen molar-refractivity contribution in [2.75, 3.05) is 5.73 Å². The number of ether oxygens (including phenoxy) is 1. The Morgan fingerprint density at radius 1 is 1.18 bits per heavy atom. The largest absolute Gasteiger partial charge is 0.456 e. The van der Waals surface area contributed by atoms with Gasteiger partial charge < -0.3 is 10.5 Å². The molecule has 0 radical (unpaired) electrons. The van der Waals surface area contributed by atoms with Crippen LogP contribution in [-0.4, -0.2) is 0 Å². The van der Waals surface area contributed by atoms with Gasteiger partial charge in [0.1, 0.15) is 17.6 Å². The van der Waals surface area contributed by atoms with Crippen LogP contribution in [0.25, 0.3) is 0 Å². The van der Waals surface area contributed by atoms with Crippen molar-refractivity contribution in [1.82, 2.24) is 0 Å². The number of nitrogens with zero attached hydrogens (tertiary/aromatic N) is 1. The number of nitriles is 1. The zero-order chi connectivity index (χ0) is 12.3. The molecule has 3 nitrogen and oxygen atoms in total. The first-order valence-electron chi connectivity index (χ1n) is 4.92. The highest BCUT2D eigenvalue weighted by atomic mass is 35.5. The van der Waals surface area contributed by atoms with Gasteiger partial charge in [-0.25, -0.2) is 0 Å². The topological polar surface area (TPSA) is 59.0 Å². The Hall–Kier alpha value is -2.18. The molecule has 0 bridgehead atoms. The van der Waals surface area contributed by atoms with E-state index in [1.165, 1.54) is 0 Å². The molecule has 2 aromatic rings. The third kappa shape index (κ3) is 2.49. The summed E-state index contributed by atoms with van der Waals surface area (Å²) in [5, 5.41) is 9.27. The first-order chi connectivity index (χ1) is 8.20. The Morgan fingerprint density at radius 3 is 2.59 bits per heavy atom. The number of para-hydroxylation sites is 1. The third-order valence-electron chi connectivity index (χ3n) is 2.21. The minimum atomic E-state index is 0.386. The second-order valence-corrected chi connectivity index (χ2v) is 3.80. The van der Waals surface area contributed by atoms with Gasteiger partial charge in [0, 0.05) is 6.07 Å². The lowest BCUT2D eigenvalue weighted by molar-refractivity contribution is 0.483. The molecule has 0 atom stereocenters. The Bertz CT molecular complexity index is 590. The maximum Gasteiger partial charge on any atom is 0.146 e. The van der Waals surface area contributed by atoms with Crippen LogP contribution in [-0.2, 0) is 0 Å². The zero-order valence-corrected chi connectivity index (χ0v) is 9.61. The fraction of sp³-hybridized carbons (Fsp3) is 0. The summed E-state index contributed by atoms with van der Waals surface area (Å²) >= 11 is 5.96. The molecule has 0 aliphatic heterocycles. The molecule has 2 aromatic carbocycles. The van der Waals surface area contributed by atoms with Crippen LogP contribution in [0.4, 0.5) is 5.69 Å². The van der Waals surface area contributed by atoms with Crippen LogP contribution >= 0.6 is 11.6 Å². The summed E-state index contributed by atoms with van der Waals surface area (Å²) in [6, 6.07) is 14.0. The number of halogens is 1. The summed E-state index contributed by atoms with van der Waals surface area (Å²) < 4.78 is 5.57. The van der Waals surface area contributed by atoms with Crippen LogP contribution in [0.5, 0.6) is 11.5 Å². The molecule has 0 spiro atoms. The summed E-state index contributed by atoms with van der Waals surface area (Å²) in [7, 11) is 0. The molecule has 84 valence electrons. The number of hydrogen-bond acceptors (Lipinski definition) is 3. The molecule has 0 aliphatic carbocycles. The van der Waals surface area contributed by atoms with Gasteiger partial charge in [0.25, 0.3) is 0 Å². The van der Waals surface area contributed by atoms with Gasteiger partial charge >= 0.3 is 0 Å². The molecule has 0 aliphatic rings. The SMILES string of the molecule is N#Cc1ccc(Oc2ccccc2Cl)cc1N. The summed E-state index contributed by atoms with van der Waals surface area (Å²) in [6.45, 7) is 0. The van der Waals surface area contributed by atoms with Gasteiger partial charge in [-0.05, 0) is 24.3 Å². The second kappa shape index (κ2) is 4.77. The predicted octanol–water partition coefficient (Wildman–Crippen LogP) is 3.59. The lowest BCUT2D eigenvalue weighted by Gasteiger charge is -2.08. The highest BCUT2D eigenvalue weighted by Crippen LogP contribution is 2.30. The number of benzene rings is 2. The average molecular weight is 245 g/mol. The lowest BCUT2D eigenvalue weighted by Crippen LogP contribution is -1.92. The molecule has 0 amide bonds. The first kappa shape index (κ1) is 11.3. The fourth-order valence-electron chi connectivity index (χ4n) is 1.36. The molecule has 17 heavy (non-hydrogen) atoms. The number of nitrogens with two attached hydrogens (primary N) is 1. The van der Waals surface area contributed by atoms with Gasteiger partial charge in [-0.2, -0.15) is 5.26 Å². The van der Waals surface area contributed by atoms with E-state index in [0.717, 1.165) is 0 Å². The van der Waals surface area contributed by atoms with E-state index in [2.05, 4.69) is 0 Å². The molecule has 0 heterocycles. The molecular formula is C13H9ClN2O. The van der Waals surface area contributed by atoms with E-state index < -0.39 is 0 Å². The highest BCUT2D eigenvalue weighted by molar-refractivity contribution is 6.32. The smallest absolute Gasteiger partial charge is 0.146 e. The Labute approximate surface area is 104 Å². The van der Waals surface area contributed by atoms with Gasteiger partial charge in [0.2, 0.25) is 0 Å². The summed E-state index contributed by atoms with van der Waals surface area (Å²) in [6.07, 6.45) is 0. The number of anilines is 1. The van der Waals surface area contributed by atoms with E-state index in [0.29, 0.717) is 27.8 Å². The zero-order valence-electron chi connectivity index (χ0n) is 8.85. The standard InChI is InChI=1S/C13H9ClN2O/c14-11-3-1-2-4-13(11)17-10-6-5-9(8-15)12(16)7-10/h1-7H,16H2. The van der Waals surface area contributed by atoms with Crippen LogP contribution in [0.15, 0.2) is 42.5 Å². The van der Waals surface area contributed by atoms with Crippen molar-refractivity contribution >= 4 is 17.3 Å². The minimum Gasteiger partial charge on any atom is -0.456 e. The van der Waals surface area contributed by atoms with Gasteiger partial charge in [-0.3, -0.25) is 0 Å². The quantitative estimate of drug-likeness (QED) is 0.822. The molecule has 0 unspecified atom stereocenters. The minimum absolute atomic E-state index is 0.386. The highest BCUT2D eigenvalue weighted by Gasteiger charge is 2.04. The van der Waals surface area contributed by atoms with Gasteiger partial charge in [-0.15, -0.1) is 0 Å². The Morgan fingerprint density at radius 2 is 1.94 bits per heavy atom. The summed E-state index contributed by atoms with van der Waals surface area (Å²) in [4.78, 5) is 0. The van der Waals surface area contributed by atoms with Gasteiger partial charge in [-0.1, -0.05) is 23.7 Å². The number of nitrogen functional groups attached to an aromatic ring is 1. The maximum absolute atomic E-state index is 8.75. The number of hydrogen-bond donors (Lipinski definition) is 1.